The Labute approximate surface area is 124 Å². The van der Waals surface area contributed by atoms with Crippen LogP contribution < -0.4 is 16.0 Å². The van der Waals surface area contributed by atoms with Gasteiger partial charge in [-0.05, 0) is 31.0 Å². The highest BCUT2D eigenvalue weighted by Gasteiger charge is 2.33. The van der Waals surface area contributed by atoms with Crippen LogP contribution in [-0.2, 0) is 4.79 Å². The van der Waals surface area contributed by atoms with E-state index >= 15 is 0 Å². The zero-order chi connectivity index (χ0) is 15.6. The molecule has 0 radical (unpaired) electrons. The Balaban J connectivity index is 2.42. The number of anilines is 2. The fraction of sp³-hybridized carbons (Fsp3) is 0.467. The van der Waals surface area contributed by atoms with Gasteiger partial charge in [0.05, 0.1) is 11.3 Å². The molecule has 0 bridgehead atoms. The normalized spacial score (nSPS) is 17.7. The van der Waals surface area contributed by atoms with Crippen LogP contribution in [0.2, 0.25) is 0 Å². The van der Waals surface area contributed by atoms with Gasteiger partial charge >= 0.3 is 0 Å². The Morgan fingerprint density at radius 1 is 1.38 bits per heavy atom. The van der Waals surface area contributed by atoms with E-state index in [2.05, 4.69) is 5.32 Å². The molecule has 1 aromatic carbocycles. The first kappa shape index (κ1) is 15.2. The number of amides is 2. The first-order valence-electron chi connectivity index (χ1n) is 7.05. The Hall–Kier alpha value is -2.24. The molecule has 1 heterocycles. The highest BCUT2D eigenvalue weighted by atomic mass is 16.2. The van der Waals surface area contributed by atoms with Crippen molar-refractivity contribution in [2.45, 2.75) is 18.9 Å². The largest absolute Gasteiger partial charge is 0.399 e. The van der Waals surface area contributed by atoms with E-state index in [0.717, 1.165) is 25.1 Å². The molecule has 6 heteroatoms. The summed E-state index contributed by atoms with van der Waals surface area (Å²) in [6.07, 6.45) is 1.71. The highest BCUT2D eigenvalue weighted by molar-refractivity contribution is 6.01. The van der Waals surface area contributed by atoms with Crippen LogP contribution in [0.4, 0.5) is 11.4 Å². The molecule has 2 rings (SSSR count). The summed E-state index contributed by atoms with van der Waals surface area (Å²) in [5.74, 6) is -0.120. The van der Waals surface area contributed by atoms with Gasteiger partial charge in [0.15, 0.2) is 0 Å². The quantitative estimate of drug-likeness (QED) is 0.803. The molecular weight excluding hydrogens is 268 g/mol. The van der Waals surface area contributed by atoms with Crippen LogP contribution >= 0.6 is 0 Å². The second-order valence-corrected chi connectivity index (χ2v) is 5.44. The summed E-state index contributed by atoms with van der Waals surface area (Å²) in [7, 11) is 5.09. The number of hydrogen-bond donors (Lipinski definition) is 2. The number of likely N-dealkylation sites (N-methyl/N-ethyl adjacent to an activating group) is 1. The number of nitrogens with zero attached hydrogens (tertiary/aromatic N) is 2. The van der Waals surface area contributed by atoms with Crippen LogP contribution in [0.3, 0.4) is 0 Å². The summed E-state index contributed by atoms with van der Waals surface area (Å²) in [6, 6.07) is 4.95. The fourth-order valence-electron chi connectivity index (χ4n) is 2.72. The molecule has 0 saturated carbocycles. The molecule has 114 valence electrons. The van der Waals surface area contributed by atoms with Gasteiger partial charge in [-0.25, -0.2) is 0 Å². The van der Waals surface area contributed by atoms with Gasteiger partial charge in [-0.3, -0.25) is 9.59 Å². The lowest BCUT2D eigenvalue weighted by atomic mass is 10.1. The molecule has 2 amide bonds. The van der Waals surface area contributed by atoms with E-state index in [1.807, 2.05) is 4.90 Å². The van der Waals surface area contributed by atoms with Gasteiger partial charge < -0.3 is 20.9 Å². The molecule has 21 heavy (non-hydrogen) atoms. The lowest BCUT2D eigenvalue weighted by molar-refractivity contribution is -0.129. The van der Waals surface area contributed by atoms with Gasteiger partial charge in [-0.2, -0.15) is 0 Å². The molecular formula is C15H22N4O2. The van der Waals surface area contributed by atoms with Gasteiger partial charge in [-0.15, -0.1) is 0 Å². The number of nitrogens with two attached hydrogens (primary N) is 1. The number of rotatable bonds is 3. The highest BCUT2D eigenvalue weighted by Crippen LogP contribution is 2.31. The van der Waals surface area contributed by atoms with Crippen molar-refractivity contribution in [2.24, 2.45) is 0 Å². The monoisotopic (exact) mass is 290 g/mol. The van der Waals surface area contributed by atoms with Crippen molar-refractivity contribution in [3.8, 4) is 0 Å². The summed E-state index contributed by atoms with van der Waals surface area (Å²) in [4.78, 5) is 27.9. The minimum absolute atomic E-state index is 0.0535. The van der Waals surface area contributed by atoms with Crippen LogP contribution in [0, 0.1) is 0 Å². The zero-order valence-corrected chi connectivity index (χ0v) is 12.7. The van der Waals surface area contributed by atoms with Crippen molar-refractivity contribution in [2.75, 3.05) is 38.3 Å². The third-order valence-electron chi connectivity index (χ3n) is 3.78. The number of nitrogen functional groups attached to an aromatic ring is 1. The van der Waals surface area contributed by atoms with Crippen molar-refractivity contribution >= 4 is 23.2 Å². The molecule has 1 aromatic rings. The Morgan fingerprint density at radius 2 is 2.10 bits per heavy atom. The average Bonchev–Trinajstić information content (AvgIpc) is 2.94. The summed E-state index contributed by atoms with van der Waals surface area (Å²) in [6.45, 7) is 0.748. The minimum Gasteiger partial charge on any atom is -0.399 e. The van der Waals surface area contributed by atoms with Gasteiger partial charge in [0, 0.05) is 33.4 Å². The number of carbonyl (C=O) groups is 2. The second-order valence-electron chi connectivity index (χ2n) is 5.44. The van der Waals surface area contributed by atoms with E-state index in [1.165, 1.54) is 0 Å². The number of hydrogen-bond acceptors (Lipinski definition) is 4. The third kappa shape index (κ3) is 2.94. The van der Waals surface area contributed by atoms with E-state index in [9.17, 15) is 9.59 Å². The van der Waals surface area contributed by atoms with Gasteiger partial charge in [-0.1, -0.05) is 0 Å². The number of nitrogens with one attached hydrogen (secondary N) is 1. The average molecular weight is 290 g/mol. The molecule has 0 aromatic heterocycles. The smallest absolute Gasteiger partial charge is 0.253 e. The predicted octanol–water partition coefficient (Wildman–Crippen LogP) is 0.685. The summed E-state index contributed by atoms with van der Waals surface area (Å²) < 4.78 is 0. The third-order valence-corrected chi connectivity index (χ3v) is 3.78. The Morgan fingerprint density at radius 3 is 2.71 bits per heavy atom. The molecule has 0 aliphatic carbocycles. The molecule has 1 fully saturated rings. The maximum atomic E-state index is 12.3. The topological polar surface area (TPSA) is 78.7 Å². The van der Waals surface area contributed by atoms with E-state index in [4.69, 9.17) is 5.73 Å². The molecule has 1 aliphatic rings. The SMILES string of the molecule is CNC(=O)c1ccc(N)cc1N1CCCC1C(=O)N(C)C. The molecule has 1 atom stereocenters. The molecule has 0 spiro atoms. The standard InChI is InChI=1S/C15H22N4O2/c1-17-14(20)11-7-6-10(16)9-13(11)19-8-4-5-12(19)15(21)18(2)3/h6-7,9,12H,4-5,8,16H2,1-3H3,(H,17,20). The van der Waals surface area contributed by atoms with Crippen LogP contribution in [-0.4, -0.2) is 50.4 Å². The molecule has 3 N–H and O–H groups in total. The first-order chi connectivity index (χ1) is 9.95. The minimum atomic E-state index is -0.231. The van der Waals surface area contributed by atoms with Crippen LogP contribution in [0.5, 0.6) is 0 Å². The predicted molar refractivity (Wildman–Crippen MR) is 83.3 cm³/mol. The Bertz CT molecular complexity index is 557. The lowest BCUT2D eigenvalue weighted by Crippen LogP contribution is -2.43. The van der Waals surface area contributed by atoms with Crippen LogP contribution in [0.1, 0.15) is 23.2 Å². The fourth-order valence-corrected chi connectivity index (χ4v) is 2.72. The summed E-state index contributed by atoms with van der Waals surface area (Å²) >= 11 is 0. The van der Waals surface area contributed by atoms with Crippen molar-refractivity contribution in [1.29, 1.82) is 0 Å². The van der Waals surface area contributed by atoms with Gasteiger partial charge in [0.2, 0.25) is 5.91 Å². The maximum absolute atomic E-state index is 12.3. The Kier molecular flexibility index (Phi) is 4.35. The lowest BCUT2D eigenvalue weighted by Gasteiger charge is -2.29. The number of carbonyl (C=O) groups excluding carboxylic acids is 2. The zero-order valence-electron chi connectivity index (χ0n) is 12.7. The molecule has 1 unspecified atom stereocenters. The van der Waals surface area contributed by atoms with E-state index in [-0.39, 0.29) is 17.9 Å². The maximum Gasteiger partial charge on any atom is 0.253 e. The molecule has 1 aliphatic heterocycles. The van der Waals surface area contributed by atoms with E-state index in [0.29, 0.717) is 11.3 Å². The van der Waals surface area contributed by atoms with Crippen LogP contribution in [0.15, 0.2) is 18.2 Å². The first-order valence-corrected chi connectivity index (χ1v) is 7.05. The van der Waals surface area contributed by atoms with Crippen molar-refractivity contribution < 1.29 is 9.59 Å². The second kappa shape index (κ2) is 6.03. The van der Waals surface area contributed by atoms with Crippen molar-refractivity contribution in [1.82, 2.24) is 10.2 Å². The number of benzene rings is 1. The van der Waals surface area contributed by atoms with Gasteiger partial charge in [0.25, 0.3) is 5.91 Å². The van der Waals surface area contributed by atoms with E-state index < -0.39 is 0 Å². The summed E-state index contributed by atoms with van der Waals surface area (Å²) in [5.41, 5.74) is 7.72. The summed E-state index contributed by atoms with van der Waals surface area (Å²) in [5, 5.41) is 2.63. The molecule has 1 saturated heterocycles. The van der Waals surface area contributed by atoms with Gasteiger partial charge in [0.1, 0.15) is 6.04 Å². The van der Waals surface area contributed by atoms with Crippen molar-refractivity contribution in [3.05, 3.63) is 23.8 Å². The van der Waals surface area contributed by atoms with Crippen molar-refractivity contribution in [3.63, 3.8) is 0 Å². The van der Waals surface area contributed by atoms with E-state index in [1.54, 1.807) is 44.2 Å². The molecule has 6 nitrogen and oxygen atoms in total. The van der Waals surface area contributed by atoms with Crippen LogP contribution in [0.25, 0.3) is 0 Å².